The smallest absolute Gasteiger partial charge is 0.232 e. The van der Waals surface area contributed by atoms with Crippen LogP contribution in [-0.4, -0.2) is 42.3 Å². The van der Waals surface area contributed by atoms with Gasteiger partial charge in [0.1, 0.15) is 0 Å². The molecule has 0 bridgehead atoms. The van der Waals surface area contributed by atoms with Gasteiger partial charge >= 0.3 is 0 Å². The quantitative estimate of drug-likeness (QED) is 0.601. The van der Waals surface area contributed by atoms with Crippen molar-refractivity contribution in [1.29, 1.82) is 0 Å². The van der Waals surface area contributed by atoms with Gasteiger partial charge in [-0.05, 0) is 25.0 Å². The second-order valence-corrected chi connectivity index (χ2v) is 8.48. The highest BCUT2D eigenvalue weighted by Crippen LogP contribution is 2.27. The van der Waals surface area contributed by atoms with Gasteiger partial charge in [0, 0.05) is 31.6 Å². The maximum Gasteiger partial charge on any atom is 0.232 e. The third-order valence-corrected chi connectivity index (χ3v) is 5.02. The SMILES string of the molecule is CN=C(NCc1noc(C(C)(C)C)n1)NC1CCCN(c2ccccc2Cl)C1. The molecular formula is C20H29ClN6O. The Balaban J connectivity index is 1.56. The summed E-state index contributed by atoms with van der Waals surface area (Å²) in [6.45, 7) is 8.48. The average molecular weight is 405 g/mol. The van der Waals surface area contributed by atoms with Crippen LogP contribution in [-0.2, 0) is 12.0 Å². The van der Waals surface area contributed by atoms with Crippen LogP contribution < -0.4 is 15.5 Å². The fourth-order valence-electron chi connectivity index (χ4n) is 3.20. The van der Waals surface area contributed by atoms with E-state index in [1.165, 1.54) is 0 Å². The number of halogens is 1. The minimum atomic E-state index is -0.157. The van der Waals surface area contributed by atoms with Crippen molar-refractivity contribution in [2.75, 3.05) is 25.0 Å². The topological polar surface area (TPSA) is 78.6 Å². The van der Waals surface area contributed by atoms with Gasteiger partial charge in [-0.1, -0.05) is 49.7 Å². The van der Waals surface area contributed by atoms with E-state index in [1.807, 2.05) is 39.0 Å². The Hall–Kier alpha value is -2.28. The van der Waals surface area contributed by atoms with Crippen molar-refractivity contribution < 1.29 is 4.52 Å². The molecule has 1 atom stereocenters. The number of aliphatic imine (C=N–C) groups is 1. The van der Waals surface area contributed by atoms with Gasteiger partial charge in [0.2, 0.25) is 5.89 Å². The molecule has 1 aliphatic rings. The maximum atomic E-state index is 6.37. The summed E-state index contributed by atoms with van der Waals surface area (Å²) in [7, 11) is 1.76. The number of rotatable bonds is 4. The van der Waals surface area contributed by atoms with Gasteiger partial charge in [-0.25, -0.2) is 0 Å². The molecule has 1 aromatic carbocycles. The highest BCUT2D eigenvalue weighted by atomic mass is 35.5. The first-order valence-electron chi connectivity index (χ1n) is 9.66. The van der Waals surface area contributed by atoms with Gasteiger partial charge in [0.25, 0.3) is 0 Å². The van der Waals surface area contributed by atoms with E-state index in [4.69, 9.17) is 16.1 Å². The first-order chi connectivity index (χ1) is 13.4. The summed E-state index contributed by atoms with van der Waals surface area (Å²) in [5.74, 6) is 1.98. The lowest BCUT2D eigenvalue weighted by Crippen LogP contribution is -2.51. The highest BCUT2D eigenvalue weighted by molar-refractivity contribution is 6.33. The fourth-order valence-corrected chi connectivity index (χ4v) is 3.46. The largest absolute Gasteiger partial charge is 0.368 e. The number of anilines is 1. The minimum absolute atomic E-state index is 0.157. The van der Waals surface area contributed by atoms with Crippen LogP contribution in [0.5, 0.6) is 0 Å². The number of piperidine rings is 1. The summed E-state index contributed by atoms with van der Waals surface area (Å²) in [6, 6.07) is 8.27. The molecule has 0 radical (unpaired) electrons. The minimum Gasteiger partial charge on any atom is -0.368 e. The number of nitrogens with zero attached hydrogens (tertiary/aromatic N) is 4. The lowest BCUT2D eigenvalue weighted by atomic mass is 9.97. The molecule has 1 fully saturated rings. The van der Waals surface area contributed by atoms with Crippen molar-refractivity contribution in [3.05, 3.63) is 41.0 Å². The van der Waals surface area contributed by atoms with E-state index in [0.29, 0.717) is 18.3 Å². The van der Waals surface area contributed by atoms with Crippen LogP contribution in [0.15, 0.2) is 33.8 Å². The van der Waals surface area contributed by atoms with Gasteiger partial charge in [-0.15, -0.1) is 0 Å². The summed E-state index contributed by atoms with van der Waals surface area (Å²) in [5.41, 5.74) is 0.926. The second kappa shape index (κ2) is 8.82. The van der Waals surface area contributed by atoms with E-state index in [-0.39, 0.29) is 11.5 Å². The highest BCUT2D eigenvalue weighted by Gasteiger charge is 2.23. The zero-order valence-electron chi connectivity index (χ0n) is 17.0. The lowest BCUT2D eigenvalue weighted by molar-refractivity contribution is 0.318. The molecule has 8 heteroatoms. The number of hydrogen-bond donors (Lipinski definition) is 2. The molecule has 3 rings (SSSR count). The summed E-state index contributed by atoms with van der Waals surface area (Å²) >= 11 is 6.37. The molecule has 0 spiro atoms. The third-order valence-electron chi connectivity index (χ3n) is 4.70. The summed E-state index contributed by atoms with van der Waals surface area (Å²) in [6.07, 6.45) is 2.18. The van der Waals surface area contributed by atoms with Crippen LogP contribution >= 0.6 is 11.6 Å². The summed E-state index contributed by atoms with van der Waals surface area (Å²) in [5, 5.41) is 11.6. The molecule has 2 N–H and O–H groups in total. The molecule has 2 aromatic rings. The molecule has 1 aromatic heterocycles. The van der Waals surface area contributed by atoms with Crippen LogP contribution in [0, 0.1) is 0 Å². The third kappa shape index (κ3) is 5.16. The molecule has 7 nitrogen and oxygen atoms in total. The first-order valence-corrected chi connectivity index (χ1v) is 10.0. The monoisotopic (exact) mass is 404 g/mol. The van der Waals surface area contributed by atoms with Gasteiger partial charge < -0.3 is 20.1 Å². The molecule has 0 amide bonds. The summed E-state index contributed by atoms with van der Waals surface area (Å²) in [4.78, 5) is 11.1. The fraction of sp³-hybridized carbons (Fsp3) is 0.550. The van der Waals surface area contributed by atoms with E-state index in [2.05, 4.69) is 36.7 Å². The Kier molecular flexibility index (Phi) is 6.44. The standard InChI is InChI=1S/C20H29ClN6O/c1-20(2,3)18-25-17(26-28-18)12-23-19(22-4)24-14-8-7-11-27(13-14)16-10-6-5-9-15(16)21/h5-6,9-10,14H,7-8,11-13H2,1-4H3,(H2,22,23,24). The normalized spacial score (nSPS) is 18.2. The zero-order chi connectivity index (χ0) is 20.1. The number of hydrogen-bond acceptors (Lipinski definition) is 5. The van der Waals surface area contributed by atoms with E-state index in [9.17, 15) is 0 Å². The Morgan fingerprint density at radius 3 is 2.82 bits per heavy atom. The zero-order valence-corrected chi connectivity index (χ0v) is 17.8. The van der Waals surface area contributed by atoms with Gasteiger partial charge in [-0.2, -0.15) is 4.98 Å². The summed E-state index contributed by atoms with van der Waals surface area (Å²) < 4.78 is 5.34. The Morgan fingerprint density at radius 1 is 1.36 bits per heavy atom. The average Bonchev–Trinajstić information content (AvgIpc) is 3.15. The van der Waals surface area contributed by atoms with Crippen LogP contribution in [0.4, 0.5) is 5.69 Å². The number of nitrogens with one attached hydrogen (secondary N) is 2. The molecule has 0 saturated carbocycles. The maximum absolute atomic E-state index is 6.37. The van der Waals surface area contributed by atoms with E-state index >= 15 is 0 Å². The molecule has 0 aliphatic carbocycles. The molecule has 2 heterocycles. The second-order valence-electron chi connectivity index (χ2n) is 8.07. The molecule has 1 aliphatic heterocycles. The van der Waals surface area contributed by atoms with Crippen LogP contribution in [0.3, 0.4) is 0 Å². The molecule has 1 saturated heterocycles. The van der Waals surface area contributed by atoms with Gasteiger partial charge in [0.15, 0.2) is 11.8 Å². The molecule has 28 heavy (non-hydrogen) atoms. The Bertz CT molecular complexity index is 813. The predicted octanol–water partition coefficient (Wildman–Crippen LogP) is 3.35. The van der Waals surface area contributed by atoms with Crippen LogP contribution in [0.2, 0.25) is 5.02 Å². The van der Waals surface area contributed by atoms with E-state index in [1.54, 1.807) is 7.05 Å². The number of aromatic nitrogens is 2. The van der Waals surface area contributed by atoms with E-state index < -0.39 is 0 Å². The lowest BCUT2D eigenvalue weighted by Gasteiger charge is -2.35. The van der Waals surface area contributed by atoms with Crippen molar-refractivity contribution >= 4 is 23.2 Å². The van der Waals surface area contributed by atoms with Crippen LogP contribution in [0.1, 0.15) is 45.3 Å². The van der Waals surface area contributed by atoms with Crippen LogP contribution in [0.25, 0.3) is 0 Å². The van der Waals surface area contributed by atoms with Crippen molar-refractivity contribution in [2.24, 2.45) is 4.99 Å². The number of benzene rings is 1. The van der Waals surface area contributed by atoms with Crippen molar-refractivity contribution in [1.82, 2.24) is 20.8 Å². The van der Waals surface area contributed by atoms with Crippen molar-refractivity contribution in [2.45, 2.75) is 51.6 Å². The number of guanidine groups is 1. The molecule has 1 unspecified atom stereocenters. The Labute approximate surface area is 171 Å². The Morgan fingerprint density at radius 2 is 2.14 bits per heavy atom. The van der Waals surface area contributed by atoms with Gasteiger partial charge in [-0.3, -0.25) is 4.99 Å². The first kappa shape index (κ1) is 20.5. The number of para-hydroxylation sites is 1. The van der Waals surface area contributed by atoms with Crippen molar-refractivity contribution in [3.63, 3.8) is 0 Å². The molecule has 152 valence electrons. The van der Waals surface area contributed by atoms with Crippen molar-refractivity contribution in [3.8, 4) is 0 Å². The predicted molar refractivity (Wildman–Crippen MR) is 113 cm³/mol. The molecular weight excluding hydrogens is 376 g/mol. The van der Waals surface area contributed by atoms with E-state index in [0.717, 1.165) is 42.6 Å². The van der Waals surface area contributed by atoms with Gasteiger partial charge in [0.05, 0.1) is 17.3 Å².